The molecule has 1 fully saturated rings. The molecule has 0 aliphatic carbocycles. The number of rotatable bonds is 3. The number of imide groups is 1. The number of carbonyl (C=O) groups excluding carboxylic acids is 2. The topological polar surface area (TPSA) is 49.4 Å². The summed E-state index contributed by atoms with van der Waals surface area (Å²) in [6.07, 6.45) is 0.474. The summed E-state index contributed by atoms with van der Waals surface area (Å²) in [6, 6.07) is 18.3. The Labute approximate surface area is 123 Å². The monoisotopic (exact) mass is 280 g/mol. The second-order valence-corrected chi connectivity index (χ2v) is 5.40. The third kappa shape index (κ3) is 2.40. The summed E-state index contributed by atoms with van der Waals surface area (Å²) in [5, 5.41) is 2.81. The van der Waals surface area contributed by atoms with E-state index < -0.39 is 5.54 Å². The van der Waals surface area contributed by atoms with Crippen LogP contribution in [-0.2, 0) is 11.2 Å². The number of para-hydroxylation sites is 1. The van der Waals surface area contributed by atoms with E-state index in [9.17, 15) is 9.59 Å². The van der Waals surface area contributed by atoms with Gasteiger partial charge in [0.15, 0.2) is 0 Å². The lowest BCUT2D eigenvalue weighted by Crippen LogP contribution is -2.46. The summed E-state index contributed by atoms with van der Waals surface area (Å²) in [6.45, 7) is 1.77. The highest BCUT2D eigenvalue weighted by Crippen LogP contribution is 2.27. The molecular formula is C17H16N2O2. The van der Waals surface area contributed by atoms with Gasteiger partial charge in [-0.25, -0.2) is 9.69 Å². The number of nitrogens with zero attached hydrogens (tertiary/aromatic N) is 1. The molecule has 0 saturated carbocycles. The summed E-state index contributed by atoms with van der Waals surface area (Å²) < 4.78 is 0. The molecule has 0 bridgehead atoms. The van der Waals surface area contributed by atoms with Crippen molar-refractivity contribution in [3.63, 3.8) is 0 Å². The van der Waals surface area contributed by atoms with Gasteiger partial charge < -0.3 is 5.32 Å². The average Bonchev–Trinajstić information content (AvgIpc) is 2.70. The van der Waals surface area contributed by atoms with E-state index in [1.54, 1.807) is 19.1 Å². The van der Waals surface area contributed by atoms with Gasteiger partial charge in [-0.2, -0.15) is 0 Å². The van der Waals surface area contributed by atoms with Gasteiger partial charge in [0.2, 0.25) is 0 Å². The zero-order valence-electron chi connectivity index (χ0n) is 11.7. The van der Waals surface area contributed by atoms with Crippen LogP contribution in [0.25, 0.3) is 0 Å². The molecule has 4 heteroatoms. The van der Waals surface area contributed by atoms with Crippen molar-refractivity contribution in [1.82, 2.24) is 5.32 Å². The van der Waals surface area contributed by atoms with Crippen molar-refractivity contribution in [3.05, 3.63) is 66.2 Å². The van der Waals surface area contributed by atoms with Crippen molar-refractivity contribution in [2.75, 3.05) is 4.90 Å². The number of carbonyl (C=O) groups is 2. The van der Waals surface area contributed by atoms with E-state index in [0.29, 0.717) is 12.1 Å². The predicted octanol–water partition coefficient (Wildman–Crippen LogP) is 2.74. The van der Waals surface area contributed by atoms with Gasteiger partial charge in [0, 0.05) is 6.42 Å². The summed E-state index contributed by atoms with van der Waals surface area (Å²) >= 11 is 0. The SMILES string of the molecule is CC1(Cc2ccccc2)NC(=O)N(c2ccccc2)C1=O. The van der Waals surface area contributed by atoms with Crippen LogP contribution >= 0.6 is 0 Å². The fourth-order valence-electron chi connectivity index (χ4n) is 2.62. The first-order valence-corrected chi connectivity index (χ1v) is 6.86. The van der Waals surface area contributed by atoms with Crippen molar-refractivity contribution in [2.24, 2.45) is 0 Å². The van der Waals surface area contributed by atoms with Gasteiger partial charge in [-0.3, -0.25) is 4.79 Å². The van der Waals surface area contributed by atoms with E-state index in [4.69, 9.17) is 0 Å². The molecule has 4 nitrogen and oxygen atoms in total. The first-order chi connectivity index (χ1) is 10.1. The summed E-state index contributed by atoms with van der Waals surface area (Å²) in [5.74, 6) is -0.220. The molecule has 1 unspecified atom stereocenters. The van der Waals surface area contributed by atoms with Crippen LogP contribution in [0.4, 0.5) is 10.5 Å². The number of benzene rings is 2. The minimum absolute atomic E-state index is 0.220. The van der Waals surface area contributed by atoms with Gasteiger partial charge in [-0.15, -0.1) is 0 Å². The van der Waals surface area contributed by atoms with Crippen molar-refractivity contribution in [3.8, 4) is 0 Å². The number of nitrogens with one attached hydrogen (secondary N) is 1. The lowest BCUT2D eigenvalue weighted by atomic mass is 9.93. The molecule has 1 aliphatic rings. The number of anilines is 1. The van der Waals surface area contributed by atoms with Crippen molar-refractivity contribution >= 4 is 17.6 Å². The van der Waals surface area contributed by atoms with Crippen LogP contribution in [0.2, 0.25) is 0 Å². The van der Waals surface area contributed by atoms with Crippen LogP contribution < -0.4 is 10.2 Å². The molecule has 1 heterocycles. The maximum absolute atomic E-state index is 12.7. The van der Waals surface area contributed by atoms with Crippen LogP contribution in [0.1, 0.15) is 12.5 Å². The Balaban J connectivity index is 1.89. The number of hydrogen-bond donors (Lipinski definition) is 1. The summed E-state index contributed by atoms with van der Waals surface area (Å²) in [5.41, 5.74) is 0.703. The molecule has 106 valence electrons. The number of hydrogen-bond acceptors (Lipinski definition) is 2. The normalized spacial score (nSPS) is 21.5. The summed E-state index contributed by atoms with van der Waals surface area (Å²) in [7, 11) is 0. The van der Waals surface area contributed by atoms with E-state index in [1.807, 2.05) is 48.5 Å². The Morgan fingerprint density at radius 3 is 2.14 bits per heavy atom. The summed E-state index contributed by atoms with van der Waals surface area (Å²) in [4.78, 5) is 26.1. The smallest absolute Gasteiger partial charge is 0.323 e. The van der Waals surface area contributed by atoms with Crippen LogP contribution in [-0.4, -0.2) is 17.5 Å². The van der Waals surface area contributed by atoms with Crippen LogP contribution in [0.3, 0.4) is 0 Å². The first kappa shape index (κ1) is 13.4. The Morgan fingerprint density at radius 2 is 1.52 bits per heavy atom. The lowest BCUT2D eigenvalue weighted by molar-refractivity contribution is -0.121. The first-order valence-electron chi connectivity index (χ1n) is 6.86. The third-order valence-electron chi connectivity index (χ3n) is 3.68. The zero-order chi connectivity index (χ0) is 14.9. The molecule has 2 aromatic carbocycles. The average molecular weight is 280 g/mol. The van der Waals surface area contributed by atoms with Crippen LogP contribution in [0.5, 0.6) is 0 Å². The highest BCUT2D eigenvalue weighted by atomic mass is 16.2. The molecule has 21 heavy (non-hydrogen) atoms. The van der Waals surface area contributed by atoms with Crippen LogP contribution in [0, 0.1) is 0 Å². The molecule has 3 amide bonds. The molecular weight excluding hydrogens is 264 g/mol. The van der Waals surface area contributed by atoms with E-state index in [0.717, 1.165) is 5.56 Å². The third-order valence-corrected chi connectivity index (χ3v) is 3.68. The Kier molecular flexibility index (Phi) is 3.22. The van der Waals surface area contributed by atoms with Crippen molar-refractivity contribution in [1.29, 1.82) is 0 Å². The molecule has 0 spiro atoms. The van der Waals surface area contributed by atoms with Gasteiger partial charge in [0.1, 0.15) is 5.54 Å². The Bertz CT molecular complexity index is 670. The van der Waals surface area contributed by atoms with E-state index >= 15 is 0 Å². The highest BCUT2D eigenvalue weighted by molar-refractivity contribution is 6.23. The van der Waals surface area contributed by atoms with Gasteiger partial charge in [-0.05, 0) is 24.6 Å². The number of urea groups is 1. The quantitative estimate of drug-likeness (QED) is 0.879. The predicted molar refractivity (Wildman–Crippen MR) is 81.0 cm³/mol. The standard InChI is InChI=1S/C17H16N2O2/c1-17(12-13-8-4-2-5-9-13)15(20)19(16(21)18-17)14-10-6-3-7-11-14/h2-11H,12H2,1H3,(H,18,21). The maximum Gasteiger partial charge on any atom is 0.329 e. The Morgan fingerprint density at radius 1 is 0.952 bits per heavy atom. The van der Waals surface area contributed by atoms with Gasteiger partial charge in [0.05, 0.1) is 5.69 Å². The van der Waals surface area contributed by atoms with E-state index in [-0.39, 0.29) is 11.9 Å². The fraction of sp³-hybridized carbons (Fsp3) is 0.176. The van der Waals surface area contributed by atoms with Gasteiger partial charge >= 0.3 is 6.03 Å². The second-order valence-electron chi connectivity index (χ2n) is 5.40. The van der Waals surface area contributed by atoms with E-state index in [1.165, 1.54) is 4.90 Å². The van der Waals surface area contributed by atoms with E-state index in [2.05, 4.69) is 5.32 Å². The molecule has 1 saturated heterocycles. The Hall–Kier alpha value is -2.62. The number of amides is 3. The van der Waals surface area contributed by atoms with Crippen molar-refractivity contribution < 1.29 is 9.59 Å². The molecule has 1 N–H and O–H groups in total. The largest absolute Gasteiger partial charge is 0.329 e. The molecule has 0 aromatic heterocycles. The molecule has 1 atom stereocenters. The minimum atomic E-state index is -0.908. The maximum atomic E-state index is 12.7. The molecule has 2 aromatic rings. The molecule has 0 radical (unpaired) electrons. The fourth-order valence-corrected chi connectivity index (χ4v) is 2.62. The minimum Gasteiger partial charge on any atom is -0.323 e. The van der Waals surface area contributed by atoms with Gasteiger partial charge in [-0.1, -0.05) is 48.5 Å². The molecule has 1 aliphatic heterocycles. The molecule has 3 rings (SSSR count). The second kappa shape index (κ2) is 5.05. The zero-order valence-corrected chi connectivity index (χ0v) is 11.7. The highest BCUT2D eigenvalue weighted by Gasteiger charge is 2.48. The lowest BCUT2D eigenvalue weighted by Gasteiger charge is -2.21. The van der Waals surface area contributed by atoms with Gasteiger partial charge in [0.25, 0.3) is 5.91 Å². The van der Waals surface area contributed by atoms with Crippen LogP contribution in [0.15, 0.2) is 60.7 Å². The van der Waals surface area contributed by atoms with Crippen molar-refractivity contribution in [2.45, 2.75) is 18.9 Å².